The fourth-order valence-corrected chi connectivity index (χ4v) is 2.87. The zero-order valence-electron chi connectivity index (χ0n) is 13.1. The molecule has 6 heteroatoms. The van der Waals surface area contributed by atoms with Crippen LogP contribution in [-0.4, -0.2) is 29.4 Å². The minimum absolute atomic E-state index is 0.0184. The number of hydrogen-bond donors (Lipinski definition) is 0. The molecule has 1 aliphatic rings. The summed E-state index contributed by atoms with van der Waals surface area (Å²) in [5.41, 5.74) is 2.26. The first kappa shape index (κ1) is 15.6. The van der Waals surface area contributed by atoms with Gasteiger partial charge >= 0.3 is 0 Å². The first-order valence-electron chi connectivity index (χ1n) is 7.50. The average molecular weight is 329 g/mol. The van der Waals surface area contributed by atoms with Gasteiger partial charge in [-0.2, -0.15) is 10.4 Å². The van der Waals surface area contributed by atoms with E-state index in [1.165, 1.54) is 0 Å². The Morgan fingerprint density at radius 1 is 1.30 bits per heavy atom. The normalized spacial score (nSPS) is 17.1. The van der Waals surface area contributed by atoms with Gasteiger partial charge in [-0.1, -0.05) is 23.7 Å². The lowest BCUT2D eigenvalue weighted by Gasteiger charge is -2.20. The molecular formula is C17H17ClN4O. The standard InChI is InChI=1S/C17H17ClN4O/c1-11-12(2)20-21-17(14(11)9-19)22-8-7-13(10-22)23-16-6-4-3-5-15(16)18/h3-6,13H,7-8,10H2,1-2H3/t13-/m1/s1. The van der Waals surface area contributed by atoms with Gasteiger partial charge in [0.05, 0.1) is 17.3 Å². The number of hydrogen-bond acceptors (Lipinski definition) is 5. The van der Waals surface area contributed by atoms with E-state index in [1.807, 2.05) is 38.1 Å². The van der Waals surface area contributed by atoms with Gasteiger partial charge in [0.15, 0.2) is 5.82 Å². The number of benzene rings is 1. The highest BCUT2D eigenvalue weighted by Gasteiger charge is 2.28. The van der Waals surface area contributed by atoms with Crippen LogP contribution >= 0.6 is 11.6 Å². The number of anilines is 1. The van der Waals surface area contributed by atoms with Crippen molar-refractivity contribution < 1.29 is 4.74 Å². The van der Waals surface area contributed by atoms with E-state index in [0.29, 0.717) is 28.7 Å². The third-order valence-corrected chi connectivity index (χ3v) is 4.43. The van der Waals surface area contributed by atoms with Gasteiger partial charge < -0.3 is 9.64 Å². The van der Waals surface area contributed by atoms with Gasteiger partial charge in [-0.25, -0.2) is 0 Å². The van der Waals surface area contributed by atoms with E-state index >= 15 is 0 Å². The highest BCUT2D eigenvalue weighted by Crippen LogP contribution is 2.29. The molecule has 0 radical (unpaired) electrons. The smallest absolute Gasteiger partial charge is 0.169 e. The van der Waals surface area contributed by atoms with Crippen LogP contribution < -0.4 is 9.64 Å². The van der Waals surface area contributed by atoms with Crippen LogP contribution in [0.5, 0.6) is 5.75 Å². The summed E-state index contributed by atoms with van der Waals surface area (Å²) in [5, 5.41) is 18.4. The molecule has 5 nitrogen and oxygen atoms in total. The minimum atomic E-state index is 0.0184. The molecule has 0 aliphatic carbocycles. The quantitative estimate of drug-likeness (QED) is 0.865. The predicted molar refractivity (Wildman–Crippen MR) is 88.9 cm³/mol. The van der Waals surface area contributed by atoms with Crippen molar-refractivity contribution in [3.8, 4) is 11.8 Å². The summed E-state index contributed by atoms with van der Waals surface area (Å²) in [6, 6.07) is 9.70. The molecule has 118 valence electrons. The fourth-order valence-electron chi connectivity index (χ4n) is 2.69. The van der Waals surface area contributed by atoms with Crippen molar-refractivity contribution in [1.82, 2.24) is 10.2 Å². The second-order valence-corrected chi connectivity index (χ2v) is 6.03. The maximum atomic E-state index is 9.43. The van der Waals surface area contributed by atoms with E-state index in [1.54, 1.807) is 0 Å². The lowest BCUT2D eigenvalue weighted by Crippen LogP contribution is -2.26. The molecule has 1 fully saturated rings. The Balaban J connectivity index is 1.77. The molecule has 2 aromatic rings. The van der Waals surface area contributed by atoms with Gasteiger partial charge in [0, 0.05) is 13.0 Å². The van der Waals surface area contributed by atoms with Crippen LogP contribution in [0.15, 0.2) is 24.3 Å². The number of nitrogens with zero attached hydrogens (tertiary/aromatic N) is 4. The maximum absolute atomic E-state index is 9.43. The molecule has 1 saturated heterocycles. The molecule has 2 heterocycles. The zero-order valence-corrected chi connectivity index (χ0v) is 13.8. The van der Waals surface area contributed by atoms with Gasteiger partial charge in [0.2, 0.25) is 0 Å². The van der Waals surface area contributed by atoms with Crippen molar-refractivity contribution in [2.75, 3.05) is 18.0 Å². The first-order valence-corrected chi connectivity index (χ1v) is 7.88. The summed E-state index contributed by atoms with van der Waals surface area (Å²) in [7, 11) is 0. The monoisotopic (exact) mass is 328 g/mol. The van der Waals surface area contributed by atoms with Gasteiger partial charge in [-0.3, -0.25) is 0 Å². The number of ether oxygens (including phenoxy) is 1. The Labute approximate surface area is 140 Å². The predicted octanol–water partition coefficient (Wildman–Crippen LogP) is 3.28. The van der Waals surface area contributed by atoms with E-state index in [0.717, 1.165) is 24.2 Å². The first-order chi connectivity index (χ1) is 11.1. The van der Waals surface area contributed by atoms with Crippen LogP contribution in [0, 0.1) is 25.2 Å². The van der Waals surface area contributed by atoms with Gasteiger partial charge in [0.25, 0.3) is 0 Å². The van der Waals surface area contributed by atoms with E-state index in [-0.39, 0.29) is 6.10 Å². The van der Waals surface area contributed by atoms with Gasteiger partial charge in [-0.05, 0) is 31.5 Å². The van der Waals surface area contributed by atoms with Crippen molar-refractivity contribution >= 4 is 17.4 Å². The van der Waals surface area contributed by atoms with Crippen molar-refractivity contribution in [2.45, 2.75) is 26.4 Å². The van der Waals surface area contributed by atoms with Gasteiger partial charge in [-0.15, -0.1) is 5.10 Å². The number of halogens is 1. The van der Waals surface area contributed by atoms with Crippen LogP contribution in [0.3, 0.4) is 0 Å². The maximum Gasteiger partial charge on any atom is 0.169 e. The van der Waals surface area contributed by atoms with Crippen molar-refractivity contribution in [1.29, 1.82) is 5.26 Å². The van der Waals surface area contributed by atoms with Crippen LogP contribution in [0.25, 0.3) is 0 Å². The Bertz CT molecular complexity index is 772. The highest BCUT2D eigenvalue weighted by molar-refractivity contribution is 6.32. The van der Waals surface area contributed by atoms with Crippen molar-refractivity contribution in [3.05, 3.63) is 46.1 Å². The van der Waals surface area contributed by atoms with E-state index < -0.39 is 0 Å². The molecule has 0 spiro atoms. The zero-order chi connectivity index (χ0) is 16.4. The summed E-state index contributed by atoms with van der Waals surface area (Å²) in [4.78, 5) is 2.06. The fraction of sp³-hybridized carbons (Fsp3) is 0.353. The highest BCUT2D eigenvalue weighted by atomic mass is 35.5. The second kappa shape index (κ2) is 6.43. The molecule has 1 atom stereocenters. The lowest BCUT2D eigenvalue weighted by molar-refractivity contribution is 0.225. The van der Waals surface area contributed by atoms with E-state index in [4.69, 9.17) is 16.3 Å². The summed E-state index contributed by atoms with van der Waals surface area (Å²) < 4.78 is 5.98. The SMILES string of the molecule is Cc1nnc(N2CC[C@@H](Oc3ccccc3Cl)C2)c(C#N)c1C. The number of aryl methyl sites for hydroxylation is 1. The molecule has 0 N–H and O–H groups in total. The minimum Gasteiger partial charge on any atom is -0.487 e. The third-order valence-electron chi connectivity index (χ3n) is 4.12. The molecule has 1 aromatic heterocycles. The topological polar surface area (TPSA) is 62.0 Å². The molecule has 3 rings (SSSR count). The molecule has 1 aliphatic heterocycles. The molecule has 23 heavy (non-hydrogen) atoms. The summed E-state index contributed by atoms with van der Waals surface area (Å²) in [5.74, 6) is 1.33. The van der Waals surface area contributed by atoms with Gasteiger partial charge in [0.1, 0.15) is 23.5 Å². The van der Waals surface area contributed by atoms with Crippen molar-refractivity contribution in [2.24, 2.45) is 0 Å². The van der Waals surface area contributed by atoms with Crippen LogP contribution in [0.4, 0.5) is 5.82 Å². The van der Waals surface area contributed by atoms with Crippen LogP contribution in [0.1, 0.15) is 23.2 Å². The Kier molecular flexibility index (Phi) is 4.35. The summed E-state index contributed by atoms with van der Waals surface area (Å²) in [6.07, 6.45) is 0.870. The summed E-state index contributed by atoms with van der Waals surface area (Å²) in [6.45, 7) is 5.21. The number of aromatic nitrogens is 2. The average Bonchev–Trinajstić information content (AvgIpc) is 3.00. The molecular weight excluding hydrogens is 312 g/mol. The van der Waals surface area contributed by atoms with E-state index in [9.17, 15) is 5.26 Å². The Morgan fingerprint density at radius 2 is 2.09 bits per heavy atom. The molecule has 1 aromatic carbocycles. The largest absolute Gasteiger partial charge is 0.487 e. The third kappa shape index (κ3) is 3.08. The van der Waals surface area contributed by atoms with Crippen LogP contribution in [0.2, 0.25) is 5.02 Å². The molecule has 0 bridgehead atoms. The Morgan fingerprint density at radius 3 is 2.83 bits per heavy atom. The molecule has 0 amide bonds. The number of rotatable bonds is 3. The molecule has 0 unspecified atom stereocenters. The Hall–Kier alpha value is -2.32. The van der Waals surface area contributed by atoms with Crippen LogP contribution in [-0.2, 0) is 0 Å². The van der Waals surface area contributed by atoms with Crippen molar-refractivity contribution in [3.63, 3.8) is 0 Å². The summed E-state index contributed by atoms with van der Waals surface area (Å²) >= 11 is 6.14. The number of para-hydroxylation sites is 1. The number of nitriles is 1. The second-order valence-electron chi connectivity index (χ2n) is 5.63. The molecule has 0 saturated carbocycles. The van der Waals surface area contributed by atoms with E-state index in [2.05, 4.69) is 21.2 Å². The lowest BCUT2D eigenvalue weighted by atomic mass is 10.1.